The molecule has 4 rings (SSSR count). The number of carbonyl (C=O) groups is 3. The summed E-state index contributed by atoms with van der Waals surface area (Å²) in [5.74, 6) is 0.561. The fourth-order valence-corrected chi connectivity index (χ4v) is 4.34. The monoisotopic (exact) mass is 594 g/mol. The molecule has 4 amide bonds. The Balaban J connectivity index is 1.52. The van der Waals surface area contributed by atoms with Crippen LogP contribution in [0.1, 0.15) is 30.5 Å². The molecule has 1 aliphatic rings. The number of imide groups is 2. The number of benzene rings is 3. The van der Waals surface area contributed by atoms with E-state index < -0.39 is 17.8 Å². The van der Waals surface area contributed by atoms with E-state index in [-0.39, 0.29) is 12.2 Å². The maximum absolute atomic E-state index is 12.1. The van der Waals surface area contributed by atoms with Crippen LogP contribution < -0.4 is 29.6 Å². The Morgan fingerprint density at radius 2 is 1.38 bits per heavy atom. The van der Waals surface area contributed by atoms with Gasteiger partial charge in [0.05, 0.1) is 17.7 Å². The number of nitrogens with one attached hydrogen (secondary N) is 2. The van der Waals surface area contributed by atoms with Crippen LogP contribution in [-0.2, 0) is 22.8 Å². The second-order valence-electron chi connectivity index (χ2n) is 8.34. The standard InChI is InChI=1S/C29H27BrN2O7/c1-3-36-24-14-19(10-11-23(24)38-16-18-8-6-5-7-9-18)17-39-26-22(30)13-20(15-25(26)37-4-2)12-21-27(33)31-29(35)32-28(21)34/h5-15H,3-4,16-17H2,1-2H3,(H2,31,32,33,34,35). The average Bonchev–Trinajstić information content (AvgIpc) is 2.91. The molecule has 10 heteroatoms. The Kier molecular flexibility index (Phi) is 9.22. The van der Waals surface area contributed by atoms with Crippen molar-refractivity contribution in [3.8, 4) is 23.0 Å². The normalized spacial score (nSPS) is 12.9. The molecule has 0 aromatic heterocycles. The van der Waals surface area contributed by atoms with Crippen LogP contribution in [0.3, 0.4) is 0 Å². The first-order valence-electron chi connectivity index (χ1n) is 12.3. The molecule has 1 heterocycles. The summed E-state index contributed by atoms with van der Waals surface area (Å²) in [5, 5.41) is 4.11. The van der Waals surface area contributed by atoms with E-state index in [4.69, 9.17) is 18.9 Å². The van der Waals surface area contributed by atoms with Gasteiger partial charge in [0.15, 0.2) is 23.0 Å². The van der Waals surface area contributed by atoms with Gasteiger partial charge in [-0.05, 0) is 76.8 Å². The summed E-state index contributed by atoms with van der Waals surface area (Å²) >= 11 is 3.51. The predicted octanol–water partition coefficient (Wildman–Crippen LogP) is 5.15. The van der Waals surface area contributed by atoms with Crippen molar-refractivity contribution in [2.75, 3.05) is 13.2 Å². The Bertz CT molecular complexity index is 1380. The third-order valence-corrected chi connectivity index (χ3v) is 6.10. The molecular weight excluding hydrogens is 568 g/mol. The minimum Gasteiger partial charge on any atom is -0.490 e. The Labute approximate surface area is 234 Å². The van der Waals surface area contributed by atoms with Crippen LogP contribution in [0, 0.1) is 0 Å². The fraction of sp³-hybridized carbons (Fsp3) is 0.207. The van der Waals surface area contributed by atoms with Crippen molar-refractivity contribution in [3.05, 3.63) is 87.4 Å². The predicted molar refractivity (Wildman–Crippen MR) is 148 cm³/mol. The minimum absolute atomic E-state index is 0.198. The number of carbonyl (C=O) groups excluding carboxylic acids is 3. The summed E-state index contributed by atoms with van der Waals surface area (Å²) in [6.07, 6.45) is 1.37. The molecule has 0 aliphatic carbocycles. The van der Waals surface area contributed by atoms with Crippen molar-refractivity contribution in [3.63, 3.8) is 0 Å². The number of rotatable bonds is 11. The SMILES string of the molecule is CCOc1cc(COc2c(Br)cc(C=C3C(=O)NC(=O)NC3=O)cc2OCC)ccc1OCc1ccccc1. The smallest absolute Gasteiger partial charge is 0.328 e. The van der Waals surface area contributed by atoms with E-state index in [1.165, 1.54) is 6.08 Å². The van der Waals surface area contributed by atoms with E-state index in [2.05, 4.69) is 26.6 Å². The molecule has 3 aromatic carbocycles. The van der Waals surface area contributed by atoms with Crippen molar-refractivity contribution >= 4 is 39.9 Å². The molecule has 1 saturated heterocycles. The minimum atomic E-state index is -0.856. The number of barbiturate groups is 1. The van der Waals surface area contributed by atoms with Gasteiger partial charge in [0.25, 0.3) is 11.8 Å². The molecule has 0 bridgehead atoms. The summed E-state index contributed by atoms with van der Waals surface area (Å²) in [7, 11) is 0. The van der Waals surface area contributed by atoms with E-state index in [0.717, 1.165) is 11.1 Å². The van der Waals surface area contributed by atoms with E-state index in [9.17, 15) is 14.4 Å². The first kappa shape index (κ1) is 27.7. The summed E-state index contributed by atoms with van der Waals surface area (Å²) in [6, 6.07) is 18.0. The molecular formula is C29H27BrN2O7. The molecule has 39 heavy (non-hydrogen) atoms. The van der Waals surface area contributed by atoms with Gasteiger partial charge >= 0.3 is 6.03 Å². The summed E-state index contributed by atoms with van der Waals surface area (Å²) in [4.78, 5) is 35.5. The zero-order valence-electron chi connectivity index (χ0n) is 21.4. The highest BCUT2D eigenvalue weighted by Gasteiger charge is 2.28. The third kappa shape index (κ3) is 7.17. The van der Waals surface area contributed by atoms with Gasteiger partial charge in [0, 0.05) is 0 Å². The first-order valence-corrected chi connectivity index (χ1v) is 13.1. The first-order chi connectivity index (χ1) is 18.9. The molecule has 0 spiro atoms. The van der Waals surface area contributed by atoms with Gasteiger partial charge in [0.1, 0.15) is 18.8 Å². The Morgan fingerprint density at radius 1 is 0.718 bits per heavy atom. The highest BCUT2D eigenvalue weighted by Crippen LogP contribution is 2.38. The maximum Gasteiger partial charge on any atom is 0.328 e. The van der Waals surface area contributed by atoms with Gasteiger partial charge < -0.3 is 18.9 Å². The van der Waals surface area contributed by atoms with E-state index in [0.29, 0.717) is 52.9 Å². The number of hydrogen-bond donors (Lipinski definition) is 2. The summed E-state index contributed by atoms with van der Waals surface area (Å²) in [6.45, 7) is 5.21. The van der Waals surface area contributed by atoms with Crippen LogP contribution in [0.25, 0.3) is 6.08 Å². The zero-order valence-corrected chi connectivity index (χ0v) is 23.0. The molecule has 0 atom stereocenters. The number of halogens is 1. The van der Waals surface area contributed by atoms with Crippen LogP contribution in [0.5, 0.6) is 23.0 Å². The number of ether oxygens (including phenoxy) is 4. The molecule has 0 saturated carbocycles. The number of urea groups is 1. The third-order valence-electron chi connectivity index (χ3n) is 5.51. The van der Waals surface area contributed by atoms with Crippen molar-refractivity contribution in [1.29, 1.82) is 0 Å². The second-order valence-corrected chi connectivity index (χ2v) is 9.19. The lowest BCUT2D eigenvalue weighted by molar-refractivity contribution is -0.123. The lowest BCUT2D eigenvalue weighted by atomic mass is 10.1. The fourth-order valence-electron chi connectivity index (χ4n) is 3.77. The molecule has 1 fully saturated rings. The Hall–Kier alpha value is -4.31. The van der Waals surface area contributed by atoms with Gasteiger partial charge in [0.2, 0.25) is 0 Å². The van der Waals surface area contributed by atoms with Gasteiger partial charge in [-0.15, -0.1) is 0 Å². The van der Waals surface area contributed by atoms with Gasteiger partial charge in [-0.2, -0.15) is 0 Å². The lowest BCUT2D eigenvalue weighted by Gasteiger charge is -2.17. The summed E-state index contributed by atoms with van der Waals surface area (Å²) in [5.41, 5.74) is 2.21. The largest absolute Gasteiger partial charge is 0.490 e. The van der Waals surface area contributed by atoms with Gasteiger partial charge in [-0.25, -0.2) is 4.79 Å². The molecule has 0 unspecified atom stereocenters. The van der Waals surface area contributed by atoms with E-state index >= 15 is 0 Å². The molecule has 202 valence electrons. The number of amides is 4. The molecule has 9 nitrogen and oxygen atoms in total. The topological polar surface area (TPSA) is 112 Å². The zero-order chi connectivity index (χ0) is 27.8. The van der Waals surface area contributed by atoms with E-state index in [1.54, 1.807) is 12.1 Å². The van der Waals surface area contributed by atoms with Crippen molar-refractivity contribution in [2.24, 2.45) is 0 Å². The van der Waals surface area contributed by atoms with Crippen LogP contribution >= 0.6 is 15.9 Å². The summed E-state index contributed by atoms with van der Waals surface area (Å²) < 4.78 is 24.2. The highest BCUT2D eigenvalue weighted by atomic mass is 79.9. The van der Waals surface area contributed by atoms with Crippen molar-refractivity contribution < 1.29 is 33.3 Å². The second kappa shape index (κ2) is 13.0. The van der Waals surface area contributed by atoms with Crippen LogP contribution in [0.2, 0.25) is 0 Å². The number of hydrogen-bond acceptors (Lipinski definition) is 7. The maximum atomic E-state index is 12.1. The van der Waals surface area contributed by atoms with Crippen LogP contribution in [-0.4, -0.2) is 31.1 Å². The van der Waals surface area contributed by atoms with Crippen LogP contribution in [0.4, 0.5) is 4.79 Å². The molecule has 0 radical (unpaired) electrons. The van der Waals surface area contributed by atoms with Crippen molar-refractivity contribution in [2.45, 2.75) is 27.1 Å². The molecule has 3 aromatic rings. The van der Waals surface area contributed by atoms with Gasteiger partial charge in [-0.3, -0.25) is 20.2 Å². The highest BCUT2D eigenvalue weighted by molar-refractivity contribution is 9.10. The van der Waals surface area contributed by atoms with Crippen LogP contribution in [0.15, 0.2) is 70.7 Å². The molecule has 2 N–H and O–H groups in total. The average molecular weight is 595 g/mol. The van der Waals surface area contributed by atoms with Crippen molar-refractivity contribution in [1.82, 2.24) is 10.6 Å². The Morgan fingerprint density at radius 3 is 2.08 bits per heavy atom. The van der Waals surface area contributed by atoms with Gasteiger partial charge in [-0.1, -0.05) is 36.4 Å². The van der Waals surface area contributed by atoms with E-state index in [1.807, 2.05) is 62.4 Å². The quantitative estimate of drug-likeness (QED) is 0.233. The lowest BCUT2D eigenvalue weighted by Crippen LogP contribution is -2.51. The molecule has 1 aliphatic heterocycles.